The van der Waals surface area contributed by atoms with Crippen LogP contribution >= 0.6 is 0 Å². The van der Waals surface area contributed by atoms with Gasteiger partial charge in [0.05, 0.1) is 12.1 Å². The maximum absolute atomic E-state index is 12.5. The predicted molar refractivity (Wildman–Crippen MR) is 95.8 cm³/mol. The van der Waals surface area contributed by atoms with Gasteiger partial charge in [-0.15, -0.1) is 0 Å². The van der Waals surface area contributed by atoms with E-state index in [0.717, 1.165) is 23.1 Å². The van der Waals surface area contributed by atoms with Gasteiger partial charge in [-0.1, -0.05) is 0 Å². The molecule has 3 aromatic rings. The highest BCUT2D eigenvalue weighted by molar-refractivity contribution is 5.94. The molecule has 0 aliphatic heterocycles. The molecule has 1 heterocycles. The molecule has 3 rings (SSSR count). The van der Waals surface area contributed by atoms with Crippen molar-refractivity contribution in [3.8, 4) is 0 Å². The van der Waals surface area contributed by atoms with Gasteiger partial charge in [-0.3, -0.25) is 4.79 Å². The van der Waals surface area contributed by atoms with Gasteiger partial charge < -0.3 is 15.1 Å². The topological polar surface area (TPSA) is 71.3 Å². The SMILES string of the molecule is Cc1cc(=O)oc2cc(NCC(=O)Nc3ccc(C(F)(F)F)cc3)ccc12. The average Bonchev–Trinajstić information content (AvgIpc) is 2.59. The zero-order chi connectivity index (χ0) is 19.6. The molecule has 2 aromatic carbocycles. The second kappa shape index (κ2) is 7.14. The van der Waals surface area contributed by atoms with Crippen molar-refractivity contribution in [3.63, 3.8) is 0 Å². The summed E-state index contributed by atoms with van der Waals surface area (Å²) in [6, 6.07) is 10.7. The minimum atomic E-state index is -4.42. The molecule has 5 nitrogen and oxygen atoms in total. The van der Waals surface area contributed by atoms with Gasteiger partial charge in [0.1, 0.15) is 5.58 Å². The third-order valence-electron chi connectivity index (χ3n) is 3.90. The molecule has 0 unspecified atom stereocenters. The Bertz CT molecular complexity index is 1040. The Balaban J connectivity index is 1.64. The second-order valence-electron chi connectivity index (χ2n) is 5.94. The highest BCUT2D eigenvalue weighted by Gasteiger charge is 2.29. The number of hydrogen-bond donors (Lipinski definition) is 2. The highest BCUT2D eigenvalue weighted by atomic mass is 19.4. The smallest absolute Gasteiger partial charge is 0.416 e. The van der Waals surface area contributed by atoms with Crippen LogP contribution in [0.4, 0.5) is 24.5 Å². The Hall–Kier alpha value is -3.29. The maximum Gasteiger partial charge on any atom is 0.416 e. The molecule has 0 atom stereocenters. The number of hydrogen-bond acceptors (Lipinski definition) is 4. The van der Waals surface area contributed by atoms with Gasteiger partial charge in [0.2, 0.25) is 5.91 Å². The van der Waals surface area contributed by atoms with Crippen LogP contribution in [0.1, 0.15) is 11.1 Å². The Morgan fingerprint density at radius 1 is 1.04 bits per heavy atom. The summed E-state index contributed by atoms with van der Waals surface area (Å²) in [6.07, 6.45) is -4.42. The van der Waals surface area contributed by atoms with E-state index >= 15 is 0 Å². The number of halogens is 3. The van der Waals surface area contributed by atoms with E-state index in [1.165, 1.54) is 18.2 Å². The quantitative estimate of drug-likeness (QED) is 0.671. The lowest BCUT2D eigenvalue weighted by molar-refractivity contribution is -0.137. The van der Waals surface area contributed by atoms with E-state index in [1.54, 1.807) is 25.1 Å². The molecule has 0 spiro atoms. The van der Waals surface area contributed by atoms with Gasteiger partial charge in [0.25, 0.3) is 0 Å². The Kier molecular flexibility index (Phi) is 4.89. The molecule has 0 radical (unpaired) electrons. The first-order valence-electron chi connectivity index (χ1n) is 7.98. The minimum absolute atomic E-state index is 0.109. The summed E-state index contributed by atoms with van der Waals surface area (Å²) in [5.41, 5.74) is 0.763. The van der Waals surface area contributed by atoms with Crippen LogP contribution in [0.5, 0.6) is 0 Å². The molecule has 2 N–H and O–H groups in total. The van der Waals surface area contributed by atoms with Crippen molar-refractivity contribution >= 4 is 28.3 Å². The van der Waals surface area contributed by atoms with E-state index in [2.05, 4.69) is 10.6 Å². The van der Waals surface area contributed by atoms with E-state index in [0.29, 0.717) is 11.3 Å². The van der Waals surface area contributed by atoms with Crippen molar-refractivity contribution in [2.75, 3.05) is 17.2 Å². The number of nitrogens with one attached hydrogen (secondary N) is 2. The van der Waals surface area contributed by atoms with Crippen LogP contribution in [-0.2, 0) is 11.0 Å². The molecule has 1 amide bonds. The zero-order valence-corrected chi connectivity index (χ0v) is 14.2. The first-order chi connectivity index (χ1) is 12.7. The Morgan fingerprint density at radius 3 is 2.37 bits per heavy atom. The second-order valence-corrected chi connectivity index (χ2v) is 5.94. The number of amides is 1. The van der Waals surface area contributed by atoms with E-state index in [1.807, 2.05) is 0 Å². The van der Waals surface area contributed by atoms with Crippen molar-refractivity contribution < 1.29 is 22.4 Å². The van der Waals surface area contributed by atoms with Gasteiger partial charge in [-0.25, -0.2) is 4.79 Å². The minimum Gasteiger partial charge on any atom is -0.423 e. The number of alkyl halides is 3. The number of benzene rings is 2. The molecule has 0 fully saturated rings. The number of carbonyl (C=O) groups is 1. The lowest BCUT2D eigenvalue weighted by Crippen LogP contribution is -2.21. The number of aryl methyl sites for hydroxylation is 1. The summed E-state index contributed by atoms with van der Waals surface area (Å²) in [5, 5.41) is 6.17. The molecule has 8 heteroatoms. The van der Waals surface area contributed by atoms with Crippen molar-refractivity contribution in [2.45, 2.75) is 13.1 Å². The molecule has 27 heavy (non-hydrogen) atoms. The molecular weight excluding hydrogens is 361 g/mol. The molecule has 0 aliphatic carbocycles. The van der Waals surface area contributed by atoms with E-state index in [4.69, 9.17) is 4.42 Å². The van der Waals surface area contributed by atoms with Gasteiger partial charge in [-0.2, -0.15) is 13.2 Å². The van der Waals surface area contributed by atoms with Crippen LogP contribution in [0.25, 0.3) is 11.0 Å². The molecule has 1 aromatic heterocycles. The van der Waals surface area contributed by atoms with Crippen molar-refractivity contribution in [2.24, 2.45) is 0 Å². The number of anilines is 2. The fourth-order valence-electron chi connectivity index (χ4n) is 2.56. The van der Waals surface area contributed by atoms with Gasteiger partial charge >= 0.3 is 11.8 Å². The third kappa shape index (κ3) is 4.46. The van der Waals surface area contributed by atoms with E-state index in [-0.39, 0.29) is 12.2 Å². The number of rotatable bonds is 4. The van der Waals surface area contributed by atoms with Crippen molar-refractivity contribution in [3.05, 3.63) is 70.1 Å². The predicted octanol–water partition coefficient (Wildman–Crippen LogP) is 4.17. The summed E-state index contributed by atoms with van der Waals surface area (Å²) < 4.78 is 42.7. The standard InChI is InChI=1S/C19H15F3N2O3/c1-11-8-18(26)27-16-9-14(6-7-15(11)16)23-10-17(25)24-13-4-2-12(3-5-13)19(20,21)22/h2-9,23H,10H2,1H3,(H,24,25). The molecule has 0 saturated carbocycles. The molecule has 0 saturated heterocycles. The van der Waals surface area contributed by atoms with Crippen LogP contribution in [0.3, 0.4) is 0 Å². The number of carbonyl (C=O) groups excluding carboxylic acids is 1. The van der Waals surface area contributed by atoms with Crippen LogP contribution in [0.2, 0.25) is 0 Å². The summed E-state index contributed by atoms with van der Waals surface area (Å²) >= 11 is 0. The largest absolute Gasteiger partial charge is 0.423 e. The molecule has 0 bridgehead atoms. The normalized spacial score (nSPS) is 11.4. The van der Waals surface area contributed by atoms with E-state index in [9.17, 15) is 22.8 Å². The van der Waals surface area contributed by atoms with Gasteiger partial charge in [0, 0.05) is 28.9 Å². The highest BCUT2D eigenvalue weighted by Crippen LogP contribution is 2.29. The van der Waals surface area contributed by atoms with Crippen LogP contribution in [0.15, 0.2) is 57.7 Å². The molecule has 0 aliphatic rings. The Labute approximate surface area is 151 Å². The summed E-state index contributed by atoms with van der Waals surface area (Å²) in [6.45, 7) is 1.69. The van der Waals surface area contributed by atoms with Crippen molar-refractivity contribution in [1.82, 2.24) is 0 Å². The van der Waals surface area contributed by atoms with Crippen LogP contribution in [-0.4, -0.2) is 12.5 Å². The van der Waals surface area contributed by atoms with Crippen molar-refractivity contribution in [1.29, 1.82) is 0 Å². The lowest BCUT2D eigenvalue weighted by atomic mass is 10.1. The Morgan fingerprint density at radius 2 is 1.70 bits per heavy atom. The lowest BCUT2D eigenvalue weighted by Gasteiger charge is -2.10. The maximum atomic E-state index is 12.5. The van der Waals surface area contributed by atoms with Gasteiger partial charge in [0.15, 0.2) is 0 Å². The van der Waals surface area contributed by atoms with E-state index < -0.39 is 23.3 Å². The summed E-state index contributed by atoms with van der Waals surface area (Å²) in [7, 11) is 0. The molecule has 140 valence electrons. The average molecular weight is 376 g/mol. The first kappa shape index (κ1) is 18.5. The fourth-order valence-corrected chi connectivity index (χ4v) is 2.56. The fraction of sp³-hybridized carbons (Fsp3) is 0.158. The molecular formula is C19H15F3N2O3. The summed E-state index contributed by atoms with van der Waals surface area (Å²) in [4.78, 5) is 23.4. The number of fused-ring (bicyclic) bond motifs is 1. The zero-order valence-electron chi connectivity index (χ0n) is 14.2. The summed E-state index contributed by atoms with van der Waals surface area (Å²) in [5.74, 6) is -0.430. The monoisotopic (exact) mass is 376 g/mol. The van der Waals surface area contributed by atoms with Gasteiger partial charge in [-0.05, 0) is 48.9 Å². The van der Waals surface area contributed by atoms with Crippen LogP contribution < -0.4 is 16.3 Å². The first-order valence-corrected chi connectivity index (χ1v) is 7.98. The van der Waals surface area contributed by atoms with Crippen LogP contribution in [0, 0.1) is 6.92 Å². The third-order valence-corrected chi connectivity index (χ3v) is 3.90.